The summed E-state index contributed by atoms with van der Waals surface area (Å²) in [5, 5.41) is 13.8. The first kappa shape index (κ1) is 12.9. The van der Waals surface area contributed by atoms with Crippen LogP contribution in [-0.2, 0) is 4.79 Å². The van der Waals surface area contributed by atoms with Crippen LogP contribution in [0.1, 0.15) is 20.3 Å². The van der Waals surface area contributed by atoms with Gasteiger partial charge in [0.15, 0.2) is 0 Å². The average Bonchev–Trinajstić information content (AvgIpc) is 2.02. The quantitative estimate of drug-likeness (QED) is 0.524. The van der Waals surface area contributed by atoms with E-state index >= 15 is 0 Å². The largest absolute Gasteiger partial charge is 0.465 e. The van der Waals surface area contributed by atoms with Crippen LogP contribution in [0.5, 0.6) is 0 Å². The van der Waals surface area contributed by atoms with E-state index in [1.807, 2.05) is 0 Å². The molecule has 0 bridgehead atoms. The summed E-state index contributed by atoms with van der Waals surface area (Å²) in [5.74, 6) is 0.511. The van der Waals surface area contributed by atoms with Crippen molar-refractivity contribution in [3.05, 3.63) is 0 Å². The van der Waals surface area contributed by atoms with E-state index in [4.69, 9.17) is 5.11 Å². The number of carbonyl (C=O) groups is 2. The molecule has 0 fully saturated rings. The van der Waals surface area contributed by atoms with Crippen LogP contribution < -0.4 is 10.6 Å². The van der Waals surface area contributed by atoms with Crippen molar-refractivity contribution in [3.63, 3.8) is 0 Å². The zero-order valence-corrected chi connectivity index (χ0v) is 8.62. The molecule has 5 nitrogen and oxygen atoms in total. The van der Waals surface area contributed by atoms with E-state index in [9.17, 15) is 9.59 Å². The molecule has 0 aliphatic heterocycles. The van der Waals surface area contributed by atoms with Gasteiger partial charge in [0.05, 0.1) is 6.04 Å². The summed E-state index contributed by atoms with van der Waals surface area (Å²) in [6, 6.07) is -0.330. The number of nitrogens with one attached hydrogen (secondary N) is 2. The van der Waals surface area contributed by atoms with Crippen LogP contribution in [0.2, 0.25) is 0 Å². The highest BCUT2D eigenvalue weighted by atomic mass is 16.4. The molecule has 0 aliphatic rings. The van der Waals surface area contributed by atoms with Gasteiger partial charge >= 0.3 is 6.09 Å². The molecule has 14 heavy (non-hydrogen) atoms. The standard InChI is InChI=1S/C9H18N2O3/c1-7(2)5-10-6-8(3-4-12)11-9(13)14/h4,7-8,10-11H,3,5-6H2,1-2H3,(H,13,14). The van der Waals surface area contributed by atoms with Crippen molar-refractivity contribution < 1.29 is 14.7 Å². The summed E-state index contributed by atoms with van der Waals surface area (Å²) in [5.41, 5.74) is 0. The zero-order valence-electron chi connectivity index (χ0n) is 8.62. The number of carboxylic acid groups (broad SMARTS) is 1. The first-order valence-corrected chi connectivity index (χ1v) is 4.70. The van der Waals surface area contributed by atoms with Gasteiger partial charge in [-0.3, -0.25) is 0 Å². The SMILES string of the molecule is CC(C)CNCC(CC=O)NC(=O)O. The molecule has 1 atom stereocenters. The van der Waals surface area contributed by atoms with Gasteiger partial charge < -0.3 is 20.5 Å². The number of aldehydes is 1. The lowest BCUT2D eigenvalue weighted by molar-refractivity contribution is -0.108. The number of carbonyl (C=O) groups excluding carboxylic acids is 1. The highest BCUT2D eigenvalue weighted by Gasteiger charge is 2.10. The van der Waals surface area contributed by atoms with Gasteiger partial charge in [0.1, 0.15) is 6.29 Å². The van der Waals surface area contributed by atoms with E-state index in [0.29, 0.717) is 12.5 Å². The van der Waals surface area contributed by atoms with Gasteiger partial charge in [-0.05, 0) is 12.5 Å². The van der Waals surface area contributed by atoms with Gasteiger partial charge in [0, 0.05) is 13.0 Å². The summed E-state index contributed by atoms with van der Waals surface area (Å²) in [6.45, 7) is 5.43. The van der Waals surface area contributed by atoms with Gasteiger partial charge in [0.2, 0.25) is 0 Å². The van der Waals surface area contributed by atoms with Crippen LogP contribution >= 0.6 is 0 Å². The lowest BCUT2D eigenvalue weighted by atomic mass is 10.2. The van der Waals surface area contributed by atoms with Gasteiger partial charge in [0.25, 0.3) is 0 Å². The lowest BCUT2D eigenvalue weighted by Crippen LogP contribution is -2.42. The minimum atomic E-state index is -1.09. The predicted octanol–water partition coefficient (Wildman–Crippen LogP) is 0.457. The highest BCUT2D eigenvalue weighted by molar-refractivity contribution is 5.65. The van der Waals surface area contributed by atoms with Crippen LogP contribution in [0.3, 0.4) is 0 Å². The number of hydrogen-bond acceptors (Lipinski definition) is 3. The minimum Gasteiger partial charge on any atom is -0.465 e. The predicted molar refractivity (Wildman–Crippen MR) is 53.3 cm³/mol. The summed E-state index contributed by atoms with van der Waals surface area (Å²) in [4.78, 5) is 20.6. The molecular formula is C9H18N2O3. The Kier molecular flexibility index (Phi) is 6.74. The Morgan fingerprint density at radius 3 is 2.50 bits per heavy atom. The molecule has 1 unspecified atom stereocenters. The maximum absolute atomic E-state index is 10.3. The molecule has 0 aromatic heterocycles. The maximum Gasteiger partial charge on any atom is 0.404 e. The molecule has 5 heteroatoms. The van der Waals surface area contributed by atoms with E-state index < -0.39 is 6.09 Å². The third-order valence-corrected chi connectivity index (χ3v) is 1.65. The second kappa shape index (κ2) is 7.32. The van der Waals surface area contributed by atoms with Crippen molar-refractivity contribution in [1.29, 1.82) is 0 Å². The van der Waals surface area contributed by atoms with Crippen LogP contribution in [-0.4, -0.2) is 36.6 Å². The van der Waals surface area contributed by atoms with Crippen molar-refractivity contribution in [2.75, 3.05) is 13.1 Å². The zero-order chi connectivity index (χ0) is 11.0. The lowest BCUT2D eigenvalue weighted by Gasteiger charge is -2.15. The molecule has 3 N–H and O–H groups in total. The molecule has 0 aliphatic carbocycles. The topological polar surface area (TPSA) is 78.4 Å². The first-order valence-electron chi connectivity index (χ1n) is 4.70. The third-order valence-electron chi connectivity index (χ3n) is 1.65. The van der Waals surface area contributed by atoms with Crippen LogP contribution in [0.25, 0.3) is 0 Å². The molecule has 0 aromatic rings. The number of hydrogen-bond donors (Lipinski definition) is 3. The molecule has 1 amide bonds. The van der Waals surface area contributed by atoms with Crippen LogP contribution in [0.4, 0.5) is 4.79 Å². The van der Waals surface area contributed by atoms with Crippen molar-refractivity contribution in [1.82, 2.24) is 10.6 Å². The molecule has 0 aromatic carbocycles. The average molecular weight is 202 g/mol. The van der Waals surface area contributed by atoms with Crippen molar-refractivity contribution in [2.24, 2.45) is 5.92 Å². The van der Waals surface area contributed by atoms with E-state index in [1.165, 1.54) is 0 Å². The van der Waals surface area contributed by atoms with E-state index in [2.05, 4.69) is 24.5 Å². The van der Waals surface area contributed by atoms with Crippen LogP contribution in [0.15, 0.2) is 0 Å². The Morgan fingerprint density at radius 1 is 1.43 bits per heavy atom. The fraction of sp³-hybridized carbons (Fsp3) is 0.778. The van der Waals surface area contributed by atoms with E-state index in [0.717, 1.165) is 12.8 Å². The monoisotopic (exact) mass is 202 g/mol. The summed E-state index contributed by atoms with van der Waals surface area (Å²) < 4.78 is 0. The van der Waals surface area contributed by atoms with E-state index in [-0.39, 0.29) is 12.5 Å². The van der Waals surface area contributed by atoms with Gasteiger partial charge in [-0.1, -0.05) is 13.8 Å². The van der Waals surface area contributed by atoms with Crippen molar-refractivity contribution in [2.45, 2.75) is 26.3 Å². The Morgan fingerprint density at radius 2 is 2.07 bits per heavy atom. The maximum atomic E-state index is 10.3. The summed E-state index contributed by atoms with van der Waals surface area (Å²) >= 11 is 0. The molecule has 0 saturated heterocycles. The highest BCUT2D eigenvalue weighted by Crippen LogP contribution is 1.90. The first-order chi connectivity index (χ1) is 6.56. The fourth-order valence-corrected chi connectivity index (χ4v) is 1.03. The Balaban J connectivity index is 3.72. The smallest absolute Gasteiger partial charge is 0.404 e. The van der Waals surface area contributed by atoms with Crippen molar-refractivity contribution in [3.8, 4) is 0 Å². The molecule has 82 valence electrons. The summed E-state index contributed by atoms with van der Waals surface area (Å²) in [7, 11) is 0. The second-order valence-corrected chi connectivity index (χ2v) is 3.60. The van der Waals surface area contributed by atoms with Gasteiger partial charge in [-0.15, -0.1) is 0 Å². The Bertz CT molecular complexity index is 183. The second-order valence-electron chi connectivity index (χ2n) is 3.60. The third kappa shape index (κ3) is 7.54. The molecule has 0 rings (SSSR count). The van der Waals surface area contributed by atoms with Gasteiger partial charge in [-0.2, -0.15) is 0 Å². The van der Waals surface area contributed by atoms with Gasteiger partial charge in [-0.25, -0.2) is 4.79 Å². The Labute approximate surface area is 83.9 Å². The number of rotatable bonds is 7. The van der Waals surface area contributed by atoms with Crippen LogP contribution in [0, 0.1) is 5.92 Å². The molecule has 0 saturated carbocycles. The Hall–Kier alpha value is -1.10. The van der Waals surface area contributed by atoms with E-state index in [1.54, 1.807) is 0 Å². The molecule has 0 radical (unpaired) electrons. The number of amides is 1. The summed E-state index contributed by atoms with van der Waals surface area (Å²) in [6.07, 6.45) is -0.169. The fourth-order valence-electron chi connectivity index (χ4n) is 1.03. The van der Waals surface area contributed by atoms with Crippen molar-refractivity contribution >= 4 is 12.4 Å². The minimum absolute atomic E-state index is 0.206. The normalized spacial score (nSPS) is 12.5. The molecular weight excluding hydrogens is 184 g/mol. The molecule has 0 heterocycles. The molecule has 0 spiro atoms.